The van der Waals surface area contributed by atoms with Gasteiger partial charge in [0.05, 0.1) is 16.2 Å². The first kappa shape index (κ1) is 22.9. The smallest absolute Gasteiger partial charge is 0.355 e. The lowest BCUT2D eigenvalue weighted by Gasteiger charge is -2.30. The van der Waals surface area contributed by atoms with Gasteiger partial charge in [-0.3, -0.25) is 4.79 Å². The maximum Gasteiger partial charge on any atom is 0.451 e. The van der Waals surface area contributed by atoms with Crippen molar-refractivity contribution in [2.45, 2.75) is 23.9 Å². The van der Waals surface area contributed by atoms with Crippen molar-refractivity contribution in [1.82, 2.24) is 9.97 Å². The highest BCUT2D eigenvalue weighted by molar-refractivity contribution is 7.89. The monoisotopic (exact) mass is 476 g/mol. The fourth-order valence-electron chi connectivity index (χ4n) is 3.67. The molecule has 11 heteroatoms. The molecule has 7 nitrogen and oxygen atoms in total. The van der Waals surface area contributed by atoms with Gasteiger partial charge in [0.15, 0.2) is 0 Å². The standard InChI is InChI=1S/C22H19F3N4O3S/c23-22(24,25)21-27-19(14-5-2-1-3-6-14)18(15-7-4-8-17(13-15)33(26,31)32)20(28-21)29-11-9-16(30)10-12-29/h1-8,13H,9-12H2,(H2,26,31,32). The summed E-state index contributed by atoms with van der Waals surface area (Å²) in [5.74, 6) is -1.33. The number of hydrogen-bond acceptors (Lipinski definition) is 6. The number of rotatable bonds is 4. The Morgan fingerprint density at radius 2 is 1.55 bits per heavy atom. The second-order valence-electron chi connectivity index (χ2n) is 7.56. The first-order chi connectivity index (χ1) is 15.5. The van der Waals surface area contributed by atoms with E-state index in [1.165, 1.54) is 18.2 Å². The SMILES string of the molecule is NS(=O)(=O)c1cccc(-c2c(-c3ccccc3)nc(C(F)(F)F)nc2N2CCC(=O)CC2)c1. The summed E-state index contributed by atoms with van der Waals surface area (Å²) in [4.78, 5) is 20.8. The zero-order chi connectivity index (χ0) is 23.8. The molecule has 0 unspecified atom stereocenters. The van der Waals surface area contributed by atoms with E-state index < -0.39 is 22.0 Å². The largest absolute Gasteiger partial charge is 0.451 e. The normalized spacial score (nSPS) is 15.0. The molecule has 0 amide bonds. The van der Waals surface area contributed by atoms with Gasteiger partial charge in [0.2, 0.25) is 15.8 Å². The number of nitrogens with two attached hydrogens (primary N) is 1. The number of nitrogens with zero attached hydrogens (tertiary/aromatic N) is 3. The van der Waals surface area contributed by atoms with Gasteiger partial charge in [0, 0.05) is 31.5 Å². The summed E-state index contributed by atoms with van der Waals surface area (Å²) in [6.07, 6.45) is -4.48. The second kappa shape index (κ2) is 8.56. The average Bonchev–Trinajstić information content (AvgIpc) is 2.78. The Hall–Kier alpha value is -3.31. The van der Waals surface area contributed by atoms with Gasteiger partial charge in [-0.25, -0.2) is 23.5 Å². The van der Waals surface area contributed by atoms with Gasteiger partial charge in [-0.05, 0) is 17.7 Å². The topological polar surface area (TPSA) is 106 Å². The number of anilines is 1. The summed E-state index contributed by atoms with van der Waals surface area (Å²) in [6.45, 7) is 0.368. The number of halogens is 3. The number of carbonyl (C=O) groups is 1. The molecule has 0 bridgehead atoms. The molecule has 1 aliphatic heterocycles. The third kappa shape index (κ3) is 4.88. The molecule has 0 radical (unpaired) electrons. The zero-order valence-corrected chi connectivity index (χ0v) is 18.0. The van der Waals surface area contributed by atoms with E-state index in [0.717, 1.165) is 0 Å². The number of carbonyl (C=O) groups excluding carboxylic acids is 1. The molecule has 3 aromatic rings. The molecule has 1 fully saturated rings. The van der Waals surface area contributed by atoms with Crippen LogP contribution in [0.4, 0.5) is 19.0 Å². The lowest BCUT2D eigenvalue weighted by atomic mass is 9.98. The molecule has 4 rings (SSSR count). The van der Waals surface area contributed by atoms with Crippen LogP contribution in [-0.2, 0) is 21.0 Å². The van der Waals surface area contributed by atoms with Crippen molar-refractivity contribution in [1.29, 1.82) is 0 Å². The average molecular weight is 476 g/mol. The molecule has 0 saturated carbocycles. The van der Waals surface area contributed by atoms with Gasteiger partial charge >= 0.3 is 6.18 Å². The van der Waals surface area contributed by atoms with Gasteiger partial charge in [0.25, 0.3) is 0 Å². The molecule has 0 atom stereocenters. The van der Waals surface area contributed by atoms with E-state index in [9.17, 15) is 26.4 Å². The van der Waals surface area contributed by atoms with E-state index in [-0.39, 0.29) is 53.7 Å². The summed E-state index contributed by atoms with van der Waals surface area (Å²) in [5, 5.41) is 5.27. The molecule has 0 spiro atoms. The van der Waals surface area contributed by atoms with Gasteiger partial charge < -0.3 is 4.90 Å². The van der Waals surface area contributed by atoms with Crippen molar-refractivity contribution >= 4 is 21.6 Å². The van der Waals surface area contributed by atoms with Gasteiger partial charge in [-0.1, -0.05) is 42.5 Å². The number of hydrogen-bond donors (Lipinski definition) is 1. The second-order valence-corrected chi connectivity index (χ2v) is 9.12. The van der Waals surface area contributed by atoms with Crippen LogP contribution in [0, 0.1) is 0 Å². The quantitative estimate of drug-likeness (QED) is 0.616. The van der Waals surface area contributed by atoms with Crippen molar-refractivity contribution in [2.75, 3.05) is 18.0 Å². The molecule has 1 aliphatic rings. The van der Waals surface area contributed by atoms with Crippen LogP contribution in [0.5, 0.6) is 0 Å². The lowest BCUT2D eigenvalue weighted by molar-refractivity contribution is -0.144. The number of sulfonamides is 1. The van der Waals surface area contributed by atoms with Gasteiger partial charge in [-0.2, -0.15) is 13.2 Å². The Bertz CT molecular complexity index is 1300. The Labute approximate surface area is 188 Å². The first-order valence-electron chi connectivity index (χ1n) is 9.98. The van der Waals surface area contributed by atoms with Crippen molar-refractivity contribution in [3.63, 3.8) is 0 Å². The minimum absolute atomic E-state index is 0.00334. The molecule has 1 aromatic heterocycles. The number of Topliss-reactive ketones (excluding diaryl/α,β-unsaturated/α-hetero) is 1. The fourth-order valence-corrected chi connectivity index (χ4v) is 4.23. The highest BCUT2D eigenvalue weighted by Crippen LogP contribution is 2.41. The molecule has 0 aliphatic carbocycles. The molecule has 1 saturated heterocycles. The van der Waals surface area contributed by atoms with Crippen LogP contribution in [0.3, 0.4) is 0 Å². The first-order valence-corrected chi connectivity index (χ1v) is 11.5. The van der Waals surface area contributed by atoms with E-state index in [0.29, 0.717) is 11.1 Å². The number of aromatic nitrogens is 2. The Balaban J connectivity index is 2.05. The van der Waals surface area contributed by atoms with Crippen molar-refractivity contribution < 1.29 is 26.4 Å². The Morgan fingerprint density at radius 3 is 2.15 bits per heavy atom. The maximum atomic E-state index is 13.8. The fraction of sp³-hybridized carbons (Fsp3) is 0.227. The van der Waals surface area contributed by atoms with Gasteiger partial charge in [-0.15, -0.1) is 0 Å². The van der Waals surface area contributed by atoms with Crippen LogP contribution in [0.1, 0.15) is 18.7 Å². The summed E-state index contributed by atoms with van der Waals surface area (Å²) >= 11 is 0. The third-order valence-corrected chi connectivity index (χ3v) is 6.17. The number of piperidine rings is 1. The van der Waals surface area contributed by atoms with E-state index in [2.05, 4.69) is 9.97 Å². The predicted molar refractivity (Wildman–Crippen MR) is 116 cm³/mol. The van der Waals surface area contributed by atoms with E-state index in [1.54, 1.807) is 41.3 Å². The molecule has 2 N–H and O–H groups in total. The number of primary sulfonamides is 1. The highest BCUT2D eigenvalue weighted by Gasteiger charge is 2.38. The molecule has 2 aromatic carbocycles. The minimum atomic E-state index is -4.81. The van der Waals surface area contributed by atoms with Crippen LogP contribution in [-0.4, -0.2) is 37.3 Å². The van der Waals surface area contributed by atoms with Crippen LogP contribution < -0.4 is 10.0 Å². The maximum absolute atomic E-state index is 13.8. The predicted octanol–water partition coefficient (Wildman–Crippen LogP) is 3.65. The van der Waals surface area contributed by atoms with E-state index in [4.69, 9.17) is 5.14 Å². The molecule has 172 valence electrons. The Kier molecular flexibility index (Phi) is 5.93. The van der Waals surface area contributed by atoms with Crippen LogP contribution >= 0.6 is 0 Å². The Morgan fingerprint density at radius 1 is 0.909 bits per heavy atom. The zero-order valence-electron chi connectivity index (χ0n) is 17.2. The summed E-state index contributed by atoms with van der Waals surface area (Å²) in [7, 11) is -4.07. The van der Waals surface area contributed by atoms with Crippen molar-refractivity contribution in [3.8, 4) is 22.4 Å². The number of alkyl halides is 3. The van der Waals surface area contributed by atoms with Crippen LogP contribution in [0.25, 0.3) is 22.4 Å². The van der Waals surface area contributed by atoms with Crippen molar-refractivity contribution in [2.24, 2.45) is 5.14 Å². The number of ketones is 1. The molecular weight excluding hydrogens is 457 g/mol. The summed E-state index contributed by atoms with van der Waals surface area (Å²) < 4.78 is 65.1. The van der Waals surface area contributed by atoms with E-state index in [1.807, 2.05) is 0 Å². The van der Waals surface area contributed by atoms with Crippen LogP contribution in [0.2, 0.25) is 0 Å². The highest BCUT2D eigenvalue weighted by atomic mass is 32.2. The van der Waals surface area contributed by atoms with Crippen LogP contribution in [0.15, 0.2) is 59.5 Å². The third-order valence-electron chi connectivity index (χ3n) is 5.26. The minimum Gasteiger partial charge on any atom is -0.355 e. The van der Waals surface area contributed by atoms with Crippen molar-refractivity contribution in [3.05, 3.63) is 60.4 Å². The number of benzene rings is 2. The van der Waals surface area contributed by atoms with Gasteiger partial charge in [0.1, 0.15) is 11.6 Å². The molecular formula is C22H19F3N4O3S. The lowest BCUT2D eigenvalue weighted by Crippen LogP contribution is -2.35. The molecule has 2 heterocycles. The molecule has 33 heavy (non-hydrogen) atoms. The summed E-state index contributed by atoms with van der Waals surface area (Å²) in [5.41, 5.74) is 0.919. The van der Waals surface area contributed by atoms with E-state index >= 15 is 0 Å². The summed E-state index contributed by atoms with van der Waals surface area (Å²) in [6, 6.07) is 13.9.